The van der Waals surface area contributed by atoms with Gasteiger partial charge in [0.15, 0.2) is 5.60 Å². The number of nitrogens with zero attached hydrogens (tertiary/aromatic N) is 1. The number of ether oxygens (including phenoxy) is 1. The Labute approximate surface area is 128 Å². The second kappa shape index (κ2) is 6.18. The van der Waals surface area contributed by atoms with E-state index in [1.165, 1.54) is 0 Å². The first-order valence-electron chi connectivity index (χ1n) is 6.70. The number of benzene rings is 1. The Morgan fingerprint density at radius 2 is 2.05 bits per heavy atom. The van der Waals surface area contributed by atoms with Crippen molar-refractivity contribution < 1.29 is 9.53 Å². The van der Waals surface area contributed by atoms with Gasteiger partial charge in [0, 0.05) is 10.6 Å². The highest BCUT2D eigenvalue weighted by molar-refractivity contribution is 6.30. The summed E-state index contributed by atoms with van der Waals surface area (Å²) in [5, 5.41) is 10.1. The number of carbonyl (C=O) groups is 1. The minimum Gasteiger partial charge on any atom is -0.478 e. The molecule has 5 nitrogen and oxygen atoms in total. The maximum absolute atomic E-state index is 12.4. The molecule has 0 aliphatic carbocycles. The number of aryl methyl sites for hydroxylation is 1. The summed E-state index contributed by atoms with van der Waals surface area (Å²) in [6.45, 7) is 5.41. The molecule has 0 spiro atoms. The van der Waals surface area contributed by atoms with E-state index in [2.05, 4.69) is 15.5 Å². The minimum absolute atomic E-state index is 0.253. The lowest BCUT2D eigenvalue weighted by Gasteiger charge is -2.25. The Morgan fingerprint density at radius 1 is 1.38 bits per heavy atom. The van der Waals surface area contributed by atoms with Crippen LogP contribution in [0.4, 0.5) is 5.82 Å². The zero-order valence-corrected chi connectivity index (χ0v) is 13.0. The molecule has 0 unspecified atom stereocenters. The van der Waals surface area contributed by atoms with Gasteiger partial charge in [0.25, 0.3) is 5.91 Å². The van der Waals surface area contributed by atoms with E-state index in [4.69, 9.17) is 16.3 Å². The number of halogens is 1. The number of nitrogens with one attached hydrogen (secondary N) is 2. The van der Waals surface area contributed by atoms with Crippen molar-refractivity contribution in [1.82, 2.24) is 10.2 Å². The smallest absolute Gasteiger partial charge is 0.269 e. The molecular formula is C15H18ClN3O2. The summed E-state index contributed by atoms with van der Waals surface area (Å²) in [7, 11) is 0. The number of hydrogen-bond acceptors (Lipinski definition) is 3. The van der Waals surface area contributed by atoms with Crippen LogP contribution in [0.15, 0.2) is 30.5 Å². The standard InChI is InChI=1S/C15H18ClN3O2/c1-4-10-9-17-19-13(10)18-14(20)15(2,3)21-12-7-5-11(16)6-8-12/h5-9H,4H2,1-3H3,(H2,17,18,19,20). The molecule has 2 rings (SSSR count). The Balaban J connectivity index is 2.07. The molecule has 2 N–H and O–H groups in total. The Bertz CT molecular complexity index is 620. The number of rotatable bonds is 5. The highest BCUT2D eigenvalue weighted by Crippen LogP contribution is 2.22. The molecule has 0 radical (unpaired) electrons. The van der Waals surface area contributed by atoms with E-state index < -0.39 is 5.60 Å². The van der Waals surface area contributed by atoms with Crippen LogP contribution >= 0.6 is 11.6 Å². The quantitative estimate of drug-likeness (QED) is 0.889. The fourth-order valence-corrected chi connectivity index (χ4v) is 1.92. The van der Waals surface area contributed by atoms with Crippen molar-refractivity contribution in [3.05, 3.63) is 41.0 Å². The lowest BCUT2D eigenvalue weighted by atomic mass is 10.1. The first kappa shape index (κ1) is 15.4. The predicted molar refractivity (Wildman–Crippen MR) is 82.8 cm³/mol. The van der Waals surface area contributed by atoms with Gasteiger partial charge in [-0.05, 0) is 44.5 Å². The third kappa shape index (κ3) is 3.76. The predicted octanol–water partition coefficient (Wildman–Crippen LogP) is 3.42. The lowest BCUT2D eigenvalue weighted by molar-refractivity contribution is -0.128. The van der Waals surface area contributed by atoms with Crippen LogP contribution in [0.1, 0.15) is 26.3 Å². The van der Waals surface area contributed by atoms with Crippen molar-refractivity contribution in [2.24, 2.45) is 0 Å². The lowest BCUT2D eigenvalue weighted by Crippen LogP contribution is -2.42. The summed E-state index contributed by atoms with van der Waals surface area (Å²) in [5.74, 6) is 0.937. The highest BCUT2D eigenvalue weighted by Gasteiger charge is 2.30. The van der Waals surface area contributed by atoms with Crippen molar-refractivity contribution in [2.75, 3.05) is 5.32 Å². The van der Waals surface area contributed by atoms with Crippen LogP contribution in [0, 0.1) is 0 Å². The summed E-state index contributed by atoms with van der Waals surface area (Å²) >= 11 is 5.83. The van der Waals surface area contributed by atoms with Gasteiger partial charge in [-0.3, -0.25) is 9.89 Å². The molecule has 0 fully saturated rings. The Morgan fingerprint density at radius 3 is 2.67 bits per heavy atom. The van der Waals surface area contributed by atoms with E-state index in [0.717, 1.165) is 12.0 Å². The summed E-state index contributed by atoms with van der Waals surface area (Å²) in [6, 6.07) is 6.89. The van der Waals surface area contributed by atoms with Gasteiger partial charge in [-0.2, -0.15) is 5.10 Å². The average molecular weight is 308 g/mol. The van der Waals surface area contributed by atoms with Gasteiger partial charge in [0.1, 0.15) is 11.6 Å². The van der Waals surface area contributed by atoms with Crippen LogP contribution in [0.5, 0.6) is 5.75 Å². The molecule has 6 heteroatoms. The highest BCUT2D eigenvalue weighted by atomic mass is 35.5. The van der Waals surface area contributed by atoms with Gasteiger partial charge < -0.3 is 10.1 Å². The SMILES string of the molecule is CCc1cn[nH]c1NC(=O)C(C)(C)Oc1ccc(Cl)cc1. The van der Waals surface area contributed by atoms with Crippen molar-refractivity contribution in [3.8, 4) is 5.75 Å². The third-order valence-electron chi connectivity index (χ3n) is 3.07. The Kier molecular flexibility index (Phi) is 4.53. The van der Waals surface area contributed by atoms with Crippen molar-refractivity contribution >= 4 is 23.3 Å². The van der Waals surface area contributed by atoms with E-state index >= 15 is 0 Å². The number of H-pyrrole nitrogens is 1. The molecule has 21 heavy (non-hydrogen) atoms. The van der Waals surface area contributed by atoms with Crippen LogP contribution in [0.25, 0.3) is 0 Å². The van der Waals surface area contributed by atoms with Gasteiger partial charge in [-0.15, -0.1) is 0 Å². The number of anilines is 1. The van der Waals surface area contributed by atoms with Crippen LogP contribution in [0.2, 0.25) is 5.02 Å². The van der Waals surface area contributed by atoms with Crippen molar-refractivity contribution in [1.29, 1.82) is 0 Å². The molecular weight excluding hydrogens is 290 g/mol. The van der Waals surface area contributed by atoms with Crippen molar-refractivity contribution in [2.45, 2.75) is 32.8 Å². The zero-order chi connectivity index (χ0) is 15.5. The number of aromatic amines is 1. The normalized spacial score (nSPS) is 11.2. The summed E-state index contributed by atoms with van der Waals surface area (Å²) in [5.41, 5.74) is -0.0742. The van der Waals surface area contributed by atoms with Crippen molar-refractivity contribution in [3.63, 3.8) is 0 Å². The maximum atomic E-state index is 12.4. The van der Waals surface area contributed by atoms with Crippen LogP contribution < -0.4 is 10.1 Å². The number of amides is 1. The molecule has 0 saturated carbocycles. The molecule has 0 bridgehead atoms. The second-order valence-corrected chi connectivity index (χ2v) is 5.58. The minimum atomic E-state index is -1.02. The number of hydrogen-bond donors (Lipinski definition) is 2. The van der Waals surface area contributed by atoms with Crippen LogP contribution in [-0.2, 0) is 11.2 Å². The summed E-state index contributed by atoms with van der Waals surface area (Å²) < 4.78 is 5.74. The zero-order valence-electron chi connectivity index (χ0n) is 12.2. The largest absolute Gasteiger partial charge is 0.478 e. The van der Waals surface area contributed by atoms with Gasteiger partial charge in [0.05, 0.1) is 6.20 Å². The number of carbonyl (C=O) groups excluding carboxylic acids is 1. The van der Waals surface area contributed by atoms with Crippen LogP contribution in [-0.4, -0.2) is 21.7 Å². The first-order valence-corrected chi connectivity index (χ1v) is 7.08. The Hall–Kier alpha value is -2.01. The molecule has 1 aromatic heterocycles. The number of aromatic nitrogens is 2. The average Bonchev–Trinajstić information content (AvgIpc) is 2.88. The van der Waals surface area contributed by atoms with Gasteiger partial charge in [-0.25, -0.2) is 0 Å². The third-order valence-corrected chi connectivity index (χ3v) is 3.32. The second-order valence-electron chi connectivity index (χ2n) is 5.14. The molecule has 0 saturated heterocycles. The first-order chi connectivity index (χ1) is 9.92. The van der Waals surface area contributed by atoms with E-state index in [0.29, 0.717) is 16.6 Å². The van der Waals surface area contributed by atoms with Gasteiger partial charge in [0.2, 0.25) is 0 Å². The van der Waals surface area contributed by atoms with E-state index in [1.807, 2.05) is 6.92 Å². The van der Waals surface area contributed by atoms with Gasteiger partial charge in [-0.1, -0.05) is 18.5 Å². The monoisotopic (exact) mass is 307 g/mol. The molecule has 0 aliphatic rings. The van der Waals surface area contributed by atoms with E-state index in [-0.39, 0.29) is 5.91 Å². The molecule has 1 aromatic carbocycles. The van der Waals surface area contributed by atoms with E-state index in [9.17, 15) is 4.79 Å². The topological polar surface area (TPSA) is 67.0 Å². The molecule has 2 aromatic rings. The van der Waals surface area contributed by atoms with Crippen LogP contribution in [0.3, 0.4) is 0 Å². The summed E-state index contributed by atoms with van der Waals surface area (Å²) in [4.78, 5) is 12.4. The molecule has 1 amide bonds. The molecule has 0 aliphatic heterocycles. The summed E-state index contributed by atoms with van der Waals surface area (Å²) in [6.07, 6.45) is 2.48. The molecule has 112 valence electrons. The maximum Gasteiger partial charge on any atom is 0.269 e. The van der Waals surface area contributed by atoms with Gasteiger partial charge >= 0.3 is 0 Å². The van der Waals surface area contributed by atoms with E-state index in [1.54, 1.807) is 44.3 Å². The fraction of sp³-hybridized carbons (Fsp3) is 0.333. The molecule has 0 atom stereocenters. The molecule has 1 heterocycles. The fourth-order valence-electron chi connectivity index (χ4n) is 1.80.